The molecule has 2 amide bonds. The van der Waals surface area contributed by atoms with E-state index in [1.165, 1.54) is 0 Å². The third-order valence-electron chi connectivity index (χ3n) is 4.36. The summed E-state index contributed by atoms with van der Waals surface area (Å²) in [6.07, 6.45) is 1.38. The second-order valence-electron chi connectivity index (χ2n) is 7.75. The van der Waals surface area contributed by atoms with Crippen LogP contribution in [0, 0.1) is 0 Å². The summed E-state index contributed by atoms with van der Waals surface area (Å²) in [4.78, 5) is 24.8. The van der Waals surface area contributed by atoms with Crippen molar-refractivity contribution in [1.82, 2.24) is 10.6 Å². The van der Waals surface area contributed by atoms with E-state index in [2.05, 4.69) is 10.6 Å². The summed E-state index contributed by atoms with van der Waals surface area (Å²) < 4.78 is 5.24. The number of ether oxygens (including phenoxy) is 1. The van der Waals surface area contributed by atoms with Crippen LogP contribution in [0.2, 0.25) is 0 Å². The Bertz CT molecular complexity index is 626. The van der Waals surface area contributed by atoms with Gasteiger partial charge in [-0.1, -0.05) is 30.3 Å². The highest BCUT2D eigenvalue weighted by molar-refractivity contribution is 6.43. The topological polar surface area (TPSA) is 108 Å². The van der Waals surface area contributed by atoms with Crippen molar-refractivity contribution in [3.8, 4) is 0 Å². The third-order valence-corrected chi connectivity index (χ3v) is 4.36. The van der Waals surface area contributed by atoms with Crippen molar-refractivity contribution in [2.75, 3.05) is 0 Å². The highest BCUT2D eigenvalue weighted by Gasteiger charge is 2.47. The maximum absolute atomic E-state index is 12.7. The van der Waals surface area contributed by atoms with E-state index >= 15 is 0 Å². The second-order valence-corrected chi connectivity index (χ2v) is 7.75. The molecule has 0 bridgehead atoms. The van der Waals surface area contributed by atoms with Crippen LogP contribution in [0.3, 0.4) is 0 Å². The first-order chi connectivity index (χ1) is 12.1. The summed E-state index contributed by atoms with van der Waals surface area (Å²) in [6, 6.07) is 9.24. The molecule has 0 unspecified atom stereocenters. The molecule has 142 valence electrons. The maximum atomic E-state index is 12.7. The summed E-state index contributed by atoms with van der Waals surface area (Å²) in [5.74, 6) is -1.30. The molecule has 7 nitrogen and oxygen atoms in total. The number of alkyl carbamates (subject to hydrolysis) is 1. The molecule has 2 rings (SSSR count). The van der Waals surface area contributed by atoms with Gasteiger partial charge in [0.25, 0.3) is 0 Å². The molecule has 1 fully saturated rings. The lowest BCUT2D eigenvalue weighted by atomic mass is 9.72. The van der Waals surface area contributed by atoms with Gasteiger partial charge >= 0.3 is 13.2 Å². The monoisotopic (exact) mass is 362 g/mol. The number of benzene rings is 1. The van der Waals surface area contributed by atoms with E-state index in [0.717, 1.165) is 12.0 Å². The summed E-state index contributed by atoms with van der Waals surface area (Å²) in [5, 5.41) is 24.6. The Morgan fingerprint density at radius 2 is 1.85 bits per heavy atom. The quantitative estimate of drug-likeness (QED) is 0.569. The Labute approximate surface area is 154 Å². The van der Waals surface area contributed by atoms with Gasteiger partial charge in [0, 0.05) is 0 Å². The predicted octanol–water partition coefficient (Wildman–Crippen LogP) is 1.17. The normalized spacial score (nSPS) is 16.8. The average molecular weight is 362 g/mol. The summed E-state index contributed by atoms with van der Waals surface area (Å²) in [6.45, 7) is 5.24. The smallest absolute Gasteiger partial charge is 0.444 e. The molecule has 1 aromatic rings. The van der Waals surface area contributed by atoms with Crippen molar-refractivity contribution in [1.29, 1.82) is 0 Å². The van der Waals surface area contributed by atoms with Gasteiger partial charge in [-0.2, -0.15) is 0 Å². The Morgan fingerprint density at radius 3 is 2.31 bits per heavy atom. The van der Waals surface area contributed by atoms with Crippen molar-refractivity contribution >= 4 is 19.1 Å². The van der Waals surface area contributed by atoms with Crippen molar-refractivity contribution in [2.24, 2.45) is 0 Å². The Morgan fingerprint density at radius 1 is 1.23 bits per heavy atom. The molecule has 1 saturated carbocycles. The van der Waals surface area contributed by atoms with Crippen LogP contribution in [0.15, 0.2) is 30.3 Å². The molecule has 0 saturated heterocycles. The van der Waals surface area contributed by atoms with Crippen molar-refractivity contribution in [3.05, 3.63) is 35.9 Å². The largest absolute Gasteiger partial charge is 0.475 e. The van der Waals surface area contributed by atoms with Crippen LogP contribution in [-0.4, -0.2) is 46.2 Å². The number of carbonyl (C=O) groups is 2. The molecule has 0 aliphatic heterocycles. The van der Waals surface area contributed by atoms with Gasteiger partial charge in [0.2, 0.25) is 5.91 Å². The molecular formula is C18H27BN2O5. The Hall–Kier alpha value is -2.06. The number of carbonyl (C=O) groups excluding carboxylic acids is 2. The lowest BCUT2D eigenvalue weighted by Gasteiger charge is -2.41. The number of rotatable bonds is 6. The van der Waals surface area contributed by atoms with Crippen molar-refractivity contribution < 1.29 is 24.4 Å². The first-order valence-corrected chi connectivity index (χ1v) is 8.83. The van der Waals surface area contributed by atoms with E-state index in [-0.39, 0.29) is 6.42 Å². The highest BCUT2D eigenvalue weighted by atomic mass is 16.6. The van der Waals surface area contributed by atoms with Gasteiger partial charge in [-0.25, -0.2) is 4.79 Å². The molecule has 1 aliphatic rings. The molecule has 26 heavy (non-hydrogen) atoms. The van der Waals surface area contributed by atoms with E-state index in [1.807, 2.05) is 30.3 Å². The van der Waals surface area contributed by atoms with Crippen LogP contribution in [0.25, 0.3) is 0 Å². The fourth-order valence-electron chi connectivity index (χ4n) is 2.84. The number of hydrogen-bond acceptors (Lipinski definition) is 5. The van der Waals surface area contributed by atoms with Crippen LogP contribution in [0.1, 0.15) is 45.6 Å². The summed E-state index contributed by atoms with van der Waals surface area (Å²) >= 11 is 0. The third kappa shape index (κ3) is 5.47. The van der Waals surface area contributed by atoms with Crippen molar-refractivity contribution in [3.63, 3.8) is 0 Å². The van der Waals surface area contributed by atoms with Gasteiger partial charge in [-0.3, -0.25) is 4.79 Å². The van der Waals surface area contributed by atoms with Gasteiger partial charge in [0.15, 0.2) is 0 Å². The number of nitrogens with one attached hydrogen (secondary N) is 2. The molecule has 0 radical (unpaired) electrons. The minimum atomic E-state index is -1.71. The molecule has 8 heteroatoms. The Balaban J connectivity index is 2.03. The highest BCUT2D eigenvalue weighted by Crippen LogP contribution is 2.32. The fraction of sp³-hybridized carbons (Fsp3) is 0.556. The zero-order chi connectivity index (χ0) is 19.4. The first kappa shape index (κ1) is 20.3. The van der Waals surface area contributed by atoms with Crippen LogP contribution >= 0.6 is 0 Å². The van der Waals surface area contributed by atoms with Gasteiger partial charge in [0.1, 0.15) is 11.1 Å². The predicted molar refractivity (Wildman–Crippen MR) is 98.2 cm³/mol. The molecule has 0 heterocycles. The lowest BCUT2D eigenvalue weighted by molar-refractivity contribution is -0.131. The van der Waals surface area contributed by atoms with Crippen LogP contribution in [0.5, 0.6) is 0 Å². The SMILES string of the molecule is CC(C)(C)OC(=O)NC1(C(=O)N[C@@H](Cc2ccccc2)B(O)O)CCC1. The molecular weight excluding hydrogens is 335 g/mol. The number of hydrogen-bond donors (Lipinski definition) is 4. The minimum absolute atomic E-state index is 0.271. The summed E-state index contributed by atoms with van der Waals surface area (Å²) in [7, 11) is -1.71. The lowest BCUT2D eigenvalue weighted by Crippen LogP contribution is -2.66. The van der Waals surface area contributed by atoms with E-state index in [0.29, 0.717) is 12.8 Å². The standard InChI is InChI=1S/C18H27BN2O5/c1-17(2,3)26-16(23)21-18(10-7-11-18)15(22)20-14(19(24)25)12-13-8-5-4-6-9-13/h4-6,8-9,14,24-25H,7,10-12H2,1-3H3,(H,20,22)(H,21,23)/t14-/m0/s1. The van der Waals surface area contributed by atoms with Gasteiger partial charge < -0.3 is 25.4 Å². The molecule has 0 aromatic heterocycles. The first-order valence-electron chi connectivity index (χ1n) is 8.83. The van der Waals surface area contributed by atoms with E-state index in [4.69, 9.17) is 4.74 Å². The fourth-order valence-corrected chi connectivity index (χ4v) is 2.84. The van der Waals surface area contributed by atoms with Crippen LogP contribution in [0.4, 0.5) is 4.79 Å². The zero-order valence-corrected chi connectivity index (χ0v) is 15.5. The van der Waals surface area contributed by atoms with Crippen molar-refractivity contribution in [2.45, 2.75) is 63.5 Å². The van der Waals surface area contributed by atoms with E-state index in [9.17, 15) is 19.6 Å². The average Bonchev–Trinajstić information content (AvgIpc) is 2.49. The molecule has 1 atom stereocenters. The van der Waals surface area contributed by atoms with Crippen LogP contribution in [-0.2, 0) is 16.0 Å². The summed E-state index contributed by atoms with van der Waals surface area (Å²) in [5.41, 5.74) is -0.858. The number of amides is 2. The maximum Gasteiger partial charge on any atom is 0.475 e. The minimum Gasteiger partial charge on any atom is -0.444 e. The zero-order valence-electron chi connectivity index (χ0n) is 15.5. The van der Waals surface area contributed by atoms with Gasteiger partial charge in [-0.15, -0.1) is 0 Å². The van der Waals surface area contributed by atoms with E-state index in [1.54, 1.807) is 20.8 Å². The second kappa shape index (κ2) is 8.10. The van der Waals surface area contributed by atoms with E-state index < -0.39 is 36.2 Å². The Kier molecular flexibility index (Phi) is 6.31. The molecule has 0 spiro atoms. The molecule has 1 aromatic carbocycles. The molecule has 4 N–H and O–H groups in total. The van der Waals surface area contributed by atoms with Gasteiger partial charge in [-0.05, 0) is 52.0 Å². The van der Waals surface area contributed by atoms with Gasteiger partial charge in [0.05, 0.1) is 5.94 Å². The van der Waals surface area contributed by atoms with Crippen LogP contribution < -0.4 is 10.6 Å². The molecule has 1 aliphatic carbocycles.